The molecule has 0 spiro atoms. The number of nitrogens with one attached hydrogen (secondary N) is 1. The van der Waals surface area contributed by atoms with Crippen LogP contribution in [0.1, 0.15) is 38.3 Å². The molecule has 0 heterocycles. The topological polar surface area (TPSA) is 30.5 Å². The van der Waals surface area contributed by atoms with Gasteiger partial charge in [-0.05, 0) is 37.1 Å². The van der Waals surface area contributed by atoms with Crippen molar-refractivity contribution in [2.45, 2.75) is 39.1 Å². The van der Waals surface area contributed by atoms with Gasteiger partial charge in [-0.3, -0.25) is 4.74 Å². The first-order chi connectivity index (χ1) is 9.96. The van der Waals surface area contributed by atoms with Crippen molar-refractivity contribution in [2.75, 3.05) is 19.8 Å². The molecule has 0 aliphatic carbocycles. The highest BCUT2D eigenvalue weighted by Crippen LogP contribution is 2.20. The average molecular weight is 305 g/mol. The van der Waals surface area contributed by atoms with E-state index >= 15 is 0 Å². The number of halogens is 3. The van der Waals surface area contributed by atoms with Crippen LogP contribution in [0.4, 0.5) is 13.2 Å². The van der Waals surface area contributed by atoms with Crippen LogP contribution in [-0.4, -0.2) is 26.1 Å². The molecule has 1 unspecified atom stereocenters. The van der Waals surface area contributed by atoms with E-state index in [2.05, 4.69) is 23.9 Å². The normalized spacial score (nSPS) is 13.2. The third kappa shape index (κ3) is 7.34. The molecule has 0 radical (unpaired) electrons. The summed E-state index contributed by atoms with van der Waals surface area (Å²) < 4.78 is 44.2. The fourth-order valence-corrected chi connectivity index (χ4v) is 1.93. The van der Waals surface area contributed by atoms with Gasteiger partial charge in [0, 0.05) is 6.04 Å². The fraction of sp³-hybridized carbons (Fsp3) is 0.600. The summed E-state index contributed by atoms with van der Waals surface area (Å²) >= 11 is 0. The van der Waals surface area contributed by atoms with Crippen molar-refractivity contribution < 1.29 is 22.6 Å². The second kappa shape index (κ2) is 8.89. The summed E-state index contributed by atoms with van der Waals surface area (Å²) in [6, 6.07) is 7.67. The lowest BCUT2D eigenvalue weighted by Crippen LogP contribution is -2.21. The van der Waals surface area contributed by atoms with E-state index < -0.39 is 13.0 Å². The largest absolute Gasteiger partial charge is 0.522 e. The van der Waals surface area contributed by atoms with Crippen LogP contribution >= 0.6 is 0 Å². The van der Waals surface area contributed by atoms with Crippen LogP contribution in [0.15, 0.2) is 24.3 Å². The highest BCUT2D eigenvalue weighted by atomic mass is 19.4. The van der Waals surface area contributed by atoms with E-state index in [0.29, 0.717) is 5.75 Å². The van der Waals surface area contributed by atoms with E-state index in [1.807, 2.05) is 12.1 Å². The van der Waals surface area contributed by atoms with Crippen molar-refractivity contribution in [3.05, 3.63) is 29.8 Å². The van der Waals surface area contributed by atoms with E-state index in [1.54, 1.807) is 12.1 Å². The van der Waals surface area contributed by atoms with Crippen LogP contribution in [0.25, 0.3) is 0 Å². The van der Waals surface area contributed by atoms with Gasteiger partial charge < -0.3 is 10.1 Å². The molecule has 1 rings (SSSR count). The molecule has 0 saturated carbocycles. The Kier molecular flexibility index (Phi) is 7.53. The first-order valence-corrected chi connectivity index (χ1v) is 7.13. The summed E-state index contributed by atoms with van der Waals surface area (Å²) in [6.07, 6.45) is -2.57. The standard InChI is InChI=1S/C15H22F3NO2/c1-3-9-19-14(4-2)12-5-7-13(8-6-12)20-10-11-21-15(16,17)18/h5-8,14,19H,3-4,9-11H2,1-2H3. The van der Waals surface area contributed by atoms with Gasteiger partial charge in [0.25, 0.3) is 0 Å². The van der Waals surface area contributed by atoms with E-state index in [0.717, 1.165) is 24.9 Å². The van der Waals surface area contributed by atoms with Crippen LogP contribution < -0.4 is 10.1 Å². The van der Waals surface area contributed by atoms with Gasteiger partial charge in [0.2, 0.25) is 0 Å². The lowest BCUT2D eigenvalue weighted by atomic mass is 10.0. The maximum absolute atomic E-state index is 11.8. The van der Waals surface area contributed by atoms with Crippen molar-refractivity contribution >= 4 is 0 Å². The van der Waals surface area contributed by atoms with E-state index in [1.165, 1.54) is 0 Å². The van der Waals surface area contributed by atoms with Crippen LogP contribution in [0.5, 0.6) is 5.75 Å². The Labute approximate surface area is 123 Å². The number of hydrogen-bond donors (Lipinski definition) is 1. The predicted octanol–water partition coefficient (Wildman–Crippen LogP) is 4.05. The van der Waals surface area contributed by atoms with Crippen LogP contribution in [0, 0.1) is 0 Å². The average Bonchev–Trinajstić information content (AvgIpc) is 2.45. The first-order valence-electron chi connectivity index (χ1n) is 7.13. The van der Waals surface area contributed by atoms with E-state index in [9.17, 15) is 13.2 Å². The number of rotatable bonds is 9. The molecule has 3 nitrogen and oxygen atoms in total. The molecule has 0 fully saturated rings. The van der Waals surface area contributed by atoms with Gasteiger partial charge >= 0.3 is 6.36 Å². The third-order valence-corrected chi connectivity index (χ3v) is 2.95. The Morgan fingerprint density at radius 1 is 1.10 bits per heavy atom. The van der Waals surface area contributed by atoms with Crippen LogP contribution in [0.2, 0.25) is 0 Å². The van der Waals surface area contributed by atoms with Crippen LogP contribution in [0.3, 0.4) is 0 Å². The fourth-order valence-electron chi connectivity index (χ4n) is 1.93. The minimum atomic E-state index is -4.60. The van der Waals surface area contributed by atoms with Crippen molar-refractivity contribution in [1.82, 2.24) is 5.32 Å². The Morgan fingerprint density at radius 3 is 2.29 bits per heavy atom. The minimum absolute atomic E-state index is 0.135. The van der Waals surface area contributed by atoms with E-state index in [4.69, 9.17) is 4.74 Å². The third-order valence-electron chi connectivity index (χ3n) is 2.95. The molecule has 0 bridgehead atoms. The molecule has 1 aromatic carbocycles. The molecule has 0 saturated heterocycles. The molecule has 0 aromatic heterocycles. The summed E-state index contributed by atoms with van der Waals surface area (Å²) in [5.74, 6) is 0.537. The highest BCUT2D eigenvalue weighted by Gasteiger charge is 2.28. The minimum Gasteiger partial charge on any atom is -0.491 e. The predicted molar refractivity (Wildman–Crippen MR) is 75.3 cm³/mol. The van der Waals surface area contributed by atoms with Gasteiger partial charge in [-0.15, -0.1) is 13.2 Å². The van der Waals surface area contributed by atoms with Crippen molar-refractivity contribution in [2.24, 2.45) is 0 Å². The maximum atomic E-state index is 11.8. The Balaban J connectivity index is 2.42. The molecule has 21 heavy (non-hydrogen) atoms. The smallest absolute Gasteiger partial charge is 0.491 e. The molecule has 6 heteroatoms. The van der Waals surface area contributed by atoms with Gasteiger partial charge in [-0.25, -0.2) is 0 Å². The lowest BCUT2D eigenvalue weighted by molar-refractivity contribution is -0.325. The van der Waals surface area contributed by atoms with Gasteiger partial charge in [0.05, 0.1) is 6.61 Å². The molecule has 0 aliphatic heterocycles. The van der Waals surface area contributed by atoms with Crippen molar-refractivity contribution in [1.29, 1.82) is 0 Å². The molecular formula is C15H22F3NO2. The van der Waals surface area contributed by atoms with Crippen molar-refractivity contribution in [3.8, 4) is 5.75 Å². The summed E-state index contributed by atoms with van der Waals surface area (Å²) in [4.78, 5) is 0. The maximum Gasteiger partial charge on any atom is 0.522 e. The first kappa shape index (κ1) is 17.8. The monoisotopic (exact) mass is 305 g/mol. The van der Waals surface area contributed by atoms with Crippen molar-refractivity contribution in [3.63, 3.8) is 0 Å². The van der Waals surface area contributed by atoms with E-state index in [-0.39, 0.29) is 12.6 Å². The summed E-state index contributed by atoms with van der Waals surface area (Å²) in [7, 11) is 0. The number of alkyl halides is 3. The summed E-state index contributed by atoms with van der Waals surface area (Å²) in [5, 5.41) is 3.44. The Hall–Kier alpha value is -1.27. The summed E-state index contributed by atoms with van der Waals surface area (Å²) in [6.45, 7) is 4.52. The zero-order valence-corrected chi connectivity index (χ0v) is 12.4. The second-order valence-electron chi connectivity index (χ2n) is 4.63. The number of benzene rings is 1. The van der Waals surface area contributed by atoms with Crippen LogP contribution in [-0.2, 0) is 4.74 Å². The quantitative estimate of drug-likeness (QED) is 0.698. The zero-order chi connectivity index (χ0) is 15.7. The molecule has 0 amide bonds. The molecule has 1 atom stereocenters. The molecule has 1 N–H and O–H groups in total. The molecule has 120 valence electrons. The number of ether oxygens (including phenoxy) is 2. The Bertz CT molecular complexity index is 393. The number of hydrogen-bond acceptors (Lipinski definition) is 3. The van der Waals surface area contributed by atoms with Gasteiger partial charge in [-0.2, -0.15) is 0 Å². The molecule has 0 aliphatic rings. The highest BCUT2D eigenvalue weighted by molar-refractivity contribution is 5.29. The second-order valence-corrected chi connectivity index (χ2v) is 4.63. The summed E-state index contributed by atoms with van der Waals surface area (Å²) in [5.41, 5.74) is 1.14. The SMILES string of the molecule is CCCNC(CC)c1ccc(OCCOC(F)(F)F)cc1. The molecule has 1 aromatic rings. The Morgan fingerprint density at radius 2 is 1.76 bits per heavy atom. The van der Waals surface area contributed by atoms with Gasteiger partial charge in [-0.1, -0.05) is 26.0 Å². The van der Waals surface area contributed by atoms with Gasteiger partial charge in [0.1, 0.15) is 12.4 Å². The van der Waals surface area contributed by atoms with Gasteiger partial charge in [0.15, 0.2) is 0 Å². The molecular weight excluding hydrogens is 283 g/mol. The lowest BCUT2D eigenvalue weighted by Gasteiger charge is -2.17. The zero-order valence-electron chi connectivity index (χ0n) is 12.4.